The molecule has 102 valence electrons. The summed E-state index contributed by atoms with van der Waals surface area (Å²) in [6.07, 6.45) is -2.17. The SMILES string of the molecule is CN(CCCCCO)CC(C(N)=S)C(F)(F)F. The monoisotopic (exact) mass is 272 g/mol. The van der Waals surface area contributed by atoms with Crippen molar-refractivity contribution in [3.8, 4) is 0 Å². The Morgan fingerprint density at radius 1 is 1.35 bits per heavy atom. The summed E-state index contributed by atoms with van der Waals surface area (Å²) in [5.74, 6) is -1.75. The molecular weight excluding hydrogens is 253 g/mol. The standard InChI is InChI=1S/C10H19F3N2OS/c1-15(5-3-2-4-6-16)7-8(9(14)17)10(11,12)13/h8,16H,2-7H2,1H3,(H2,14,17). The fourth-order valence-corrected chi connectivity index (χ4v) is 1.64. The van der Waals surface area contributed by atoms with Gasteiger partial charge in [0.15, 0.2) is 0 Å². The quantitative estimate of drug-likeness (QED) is 0.520. The molecule has 0 heterocycles. The zero-order valence-electron chi connectivity index (χ0n) is 9.83. The van der Waals surface area contributed by atoms with E-state index in [0.29, 0.717) is 13.0 Å². The van der Waals surface area contributed by atoms with Gasteiger partial charge in [-0.1, -0.05) is 12.2 Å². The predicted molar refractivity (Wildman–Crippen MR) is 64.8 cm³/mol. The molecule has 0 fully saturated rings. The van der Waals surface area contributed by atoms with Gasteiger partial charge in [0.1, 0.15) is 5.92 Å². The minimum Gasteiger partial charge on any atom is -0.396 e. The average molecular weight is 272 g/mol. The number of aliphatic hydroxyl groups excluding tert-OH is 1. The van der Waals surface area contributed by atoms with E-state index in [4.69, 9.17) is 10.8 Å². The molecule has 0 bridgehead atoms. The number of thiocarbonyl (C=S) groups is 1. The Balaban J connectivity index is 4.05. The van der Waals surface area contributed by atoms with Gasteiger partial charge in [-0.05, 0) is 32.9 Å². The molecule has 0 aliphatic carbocycles. The van der Waals surface area contributed by atoms with Crippen molar-refractivity contribution in [2.24, 2.45) is 11.7 Å². The first-order valence-corrected chi connectivity index (χ1v) is 5.85. The van der Waals surface area contributed by atoms with E-state index in [-0.39, 0.29) is 13.2 Å². The van der Waals surface area contributed by atoms with E-state index < -0.39 is 17.1 Å². The third kappa shape index (κ3) is 7.51. The molecule has 17 heavy (non-hydrogen) atoms. The zero-order chi connectivity index (χ0) is 13.5. The van der Waals surface area contributed by atoms with Crippen molar-refractivity contribution in [2.75, 3.05) is 26.7 Å². The maximum absolute atomic E-state index is 12.5. The van der Waals surface area contributed by atoms with Gasteiger partial charge >= 0.3 is 6.18 Å². The molecule has 0 rings (SSSR count). The smallest absolute Gasteiger partial charge is 0.396 e. The van der Waals surface area contributed by atoms with Crippen LogP contribution < -0.4 is 5.73 Å². The summed E-state index contributed by atoms with van der Waals surface area (Å²) < 4.78 is 37.6. The van der Waals surface area contributed by atoms with Gasteiger partial charge in [-0.3, -0.25) is 0 Å². The van der Waals surface area contributed by atoms with E-state index in [0.717, 1.165) is 12.8 Å². The molecular formula is C10H19F3N2OS. The van der Waals surface area contributed by atoms with Crippen LogP contribution in [0.2, 0.25) is 0 Å². The number of rotatable bonds is 8. The molecule has 0 saturated heterocycles. The first-order valence-electron chi connectivity index (χ1n) is 5.44. The molecule has 0 aliphatic heterocycles. The molecule has 1 atom stereocenters. The highest BCUT2D eigenvalue weighted by atomic mass is 32.1. The molecule has 0 aromatic rings. The van der Waals surface area contributed by atoms with Crippen LogP contribution in [0.25, 0.3) is 0 Å². The van der Waals surface area contributed by atoms with Crippen LogP contribution in [-0.4, -0.2) is 47.9 Å². The molecule has 0 saturated carbocycles. The van der Waals surface area contributed by atoms with Crippen molar-refractivity contribution in [1.29, 1.82) is 0 Å². The second kappa shape index (κ2) is 7.84. The largest absolute Gasteiger partial charge is 0.399 e. The summed E-state index contributed by atoms with van der Waals surface area (Å²) in [4.78, 5) is 1.05. The summed E-state index contributed by atoms with van der Waals surface area (Å²) in [6.45, 7) is 0.439. The van der Waals surface area contributed by atoms with Gasteiger partial charge in [-0.25, -0.2) is 0 Å². The maximum Gasteiger partial charge on any atom is 0.399 e. The van der Waals surface area contributed by atoms with Gasteiger partial charge in [0, 0.05) is 13.2 Å². The summed E-state index contributed by atoms with van der Waals surface area (Å²) in [5.41, 5.74) is 5.10. The van der Waals surface area contributed by atoms with Crippen LogP contribution in [0.3, 0.4) is 0 Å². The first-order chi connectivity index (χ1) is 7.79. The Bertz CT molecular complexity index is 236. The highest BCUT2D eigenvalue weighted by Crippen LogP contribution is 2.27. The Hall–Kier alpha value is -0.400. The molecule has 0 spiro atoms. The second-order valence-electron chi connectivity index (χ2n) is 4.04. The van der Waals surface area contributed by atoms with Gasteiger partial charge < -0.3 is 15.7 Å². The highest BCUT2D eigenvalue weighted by Gasteiger charge is 2.42. The summed E-state index contributed by atoms with van der Waals surface area (Å²) in [5, 5.41) is 8.56. The van der Waals surface area contributed by atoms with Gasteiger partial charge in [0.2, 0.25) is 0 Å². The fraction of sp³-hybridized carbons (Fsp3) is 0.900. The summed E-state index contributed by atoms with van der Waals surface area (Å²) in [6, 6.07) is 0. The molecule has 3 nitrogen and oxygen atoms in total. The molecule has 7 heteroatoms. The van der Waals surface area contributed by atoms with E-state index in [9.17, 15) is 13.2 Å². The van der Waals surface area contributed by atoms with Crippen molar-refractivity contribution in [3.63, 3.8) is 0 Å². The number of alkyl halides is 3. The molecule has 0 radical (unpaired) electrons. The van der Waals surface area contributed by atoms with Crippen LogP contribution in [0.15, 0.2) is 0 Å². The first kappa shape index (κ1) is 16.6. The Kier molecular flexibility index (Phi) is 7.65. The van der Waals surface area contributed by atoms with Crippen LogP contribution in [-0.2, 0) is 0 Å². The number of nitrogens with two attached hydrogens (primary N) is 1. The van der Waals surface area contributed by atoms with Crippen molar-refractivity contribution < 1.29 is 18.3 Å². The highest BCUT2D eigenvalue weighted by molar-refractivity contribution is 7.80. The van der Waals surface area contributed by atoms with Gasteiger partial charge in [0.25, 0.3) is 0 Å². The second-order valence-corrected chi connectivity index (χ2v) is 4.51. The Morgan fingerprint density at radius 3 is 2.35 bits per heavy atom. The number of hydrogen-bond acceptors (Lipinski definition) is 3. The van der Waals surface area contributed by atoms with Gasteiger partial charge in [-0.15, -0.1) is 0 Å². The maximum atomic E-state index is 12.5. The topological polar surface area (TPSA) is 49.5 Å². The van der Waals surface area contributed by atoms with E-state index in [1.807, 2.05) is 0 Å². The summed E-state index contributed by atoms with van der Waals surface area (Å²) in [7, 11) is 1.61. The molecule has 1 unspecified atom stereocenters. The molecule has 0 aromatic carbocycles. The van der Waals surface area contributed by atoms with Crippen LogP contribution in [0.5, 0.6) is 0 Å². The number of aliphatic hydroxyl groups is 1. The van der Waals surface area contributed by atoms with Crippen LogP contribution in [0, 0.1) is 5.92 Å². The summed E-state index contributed by atoms with van der Waals surface area (Å²) >= 11 is 4.44. The molecule has 3 N–H and O–H groups in total. The predicted octanol–water partition coefficient (Wildman–Crippen LogP) is 1.55. The van der Waals surface area contributed by atoms with Crippen molar-refractivity contribution in [3.05, 3.63) is 0 Å². The minimum atomic E-state index is -4.38. The normalized spacial score (nSPS) is 14.0. The van der Waals surface area contributed by atoms with E-state index in [1.54, 1.807) is 11.9 Å². The Morgan fingerprint density at radius 2 is 1.94 bits per heavy atom. The third-order valence-corrected chi connectivity index (χ3v) is 2.72. The lowest BCUT2D eigenvalue weighted by Crippen LogP contribution is -2.42. The van der Waals surface area contributed by atoms with Crippen LogP contribution in [0.1, 0.15) is 19.3 Å². The lowest BCUT2D eigenvalue weighted by atomic mass is 10.1. The fourth-order valence-electron chi connectivity index (χ4n) is 1.43. The number of hydrogen-bond donors (Lipinski definition) is 2. The van der Waals surface area contributed by atoms with E-state index in [1.165, 1.54) is 0 Å². The van der Waals surface area contributed by atoms with Crippen molar-refractivity contribution >= 4 is 17.2 Å². The van der Waals surface area contributed by atoms with Crippen LogP contribution in [0.4, 0.5) is 13.2 Å². The van der Waals surface area contributed by atoms with Gasteiger partial charge in [-0.2, -0.15) is 13.2 Å². The molecule has 0 aromatic heterocycles. The van der Waals surface area contributed by atoms with E-state index in [2.05, 4.69) is 12.2 Å². The molecule has 0 aliphatic rings. The Labute approximate surface area is 105 Å². The lowest BCUT2D eigenvalue weighted by molar-refractivity contribution is -0.158. The van der Waals surface area contributed by atoms with Crippen LogP contribution >= 0.6 is 12.2 Å². The zero-order valence-corrected chi connectivity index (χ0v) is 10.7. The molecule has 0 amide bonds. The van der Waals surface area contributed by atoms with Crippen molar-refractivity contribution in [2.45, 2.75) is 25.4 Å². The number of unbranched alkanes of at least 4 members (excludes halogenated alkanes) is 2. The number of nitrogens with zero attached hydrogens (tertiary/aromatic N) is 1. The van der Waals surface area contributed by atoms with E-state index >= 15 is 0 Å². The number of halogens is 3. The average Bonchev–Trinajstić information content (AvgIpc) is 2.19. The lowest BCUT2D eigenvalue weighted by Gasteiger charge is -2.25. The minimum absolute atomic E-state index is 0.113. The van der Waals surface area contributed by atoms with Gasteiger partial charge in [0.05, 0.1) is 4.99 Å². The van der Waals surface area contributed by atoms with Crippen molar-refractivity contribution in [1.82, 2.24) is 4.90 Å². The third-order valence-electron chi connectivity index (χ3n) is 2.43.